The second kappa shape index (κ2) is 18.1. The third-order valence-corrected chi connectivity index (χ3v) is 18.6. The van der Waals surface area contributed by atoms with Crippen LogP contribution in [0.2, 0.25) is 0 Å². The highest BCUT2D eigenvalue weighted by atomic mass is 15.2. The molecule has 0 N–H and O–H groups in total. The largest absolute Gasteiger partial charge is 0.333 e. The van der Waals surface area contributed by atoms with E-state index in [-0.39, 0.29) is 12.0 Å². The molecule has 5 heteroatoms. The molecule has 0 saturated heterocycles. The molecule has 3 aromatic heterocycles. The fraction of sp³-hybridized carbons (Fsp3) is 0.0380. The molecule has 18 rings (SSSR count). The maximum Gasteiger partial charge on any atom is 0.0603 e. The van der Waals surface area contributed by atoms with Gasteiger partial charge < -0.3 is 23.5 Å². The van der Waals surface area contributed by atoms with E-state index in [2.05, 4.69) is 333 Å². The lowest BCUT2D eigenvalue weighted by Crippen LogP contribution is -2.44. The average Bonchev–Trinajstić information content (AvgIpc) is 1.72. The maximum absolute atomic E-state index is 2.66. The van der Waals surface area contributed by atoms with Gasteiger partial charge in [-0.25, -0.2) is 0 Å². The van der Waals surface area contributed by atoms with E-state index in [1.54, 1.807) is 0 Å². The molecule has 0 fully saturated rings. The summed E-state index contributed by atoms with van der Waals surface area (Å²) in [4.78, 5) is 4.96. The first-order valence-electron chi connectivity index (χ1n) is 29.2. The lowest BCUT2D eigenvalue weighted by molar-refractivity contribution is 0.344. The number of hydrogen-bond acceptors (Lipinski definition) is 2. The van der Waals surface area contributed by atoms with Crippen molar-refractivity contribution in [3.63, 3.8) is 0 Å². The van der Waals surface area contributed by atoms with Crippen molar-refractivity contribution >= 4 is 99.5 Å². The Kier molecular flexibility index (Phi) is 10.1. The van der Waals surface area contributed by atoms with Gasteiger partial charge in [0.15, 0.2) is 0 Å². The van der Waals surface area contributed by atoms with Crippen LogP contribution in [0, 0.1) is 5.92 Å². The zero-order valence-corrected chi connectivity index (χ0v) is 45.8. The van der Waals surface area contributed by atoms with Crippen LogP contribution >= 0.6 is 0 Å². The number of para-hydroxylation sites is 8. The molecule has 2 unspecified atom stereocenters. The third-order valence-electron chi connectivity index (χ3n) is 18.6. The Morgan fingerprint density at radius 3 is 1.21 bits per heavy atom. The number of rotatable bonds is 8. The van der Waals surface area contributed by atoms with Crippen molar-refractivity contribution < 1.29 is 0 Å². The van der Waals surface area contributed by atoms with Gasteiger partial charge in [-0.2, -0.15) is 0 Å². The van der Waals surface area contributed by atoms with Crippen LogP contribution in [0.1, 0.15) is 22.7 Å². The minimum atomic E-state index is -0.628. The topological polar surface area (TPSA) is 21.3 Å². The van der Waals surface area contributed by atoms with Gasteiger partial charge in [-0.1, -0.05) is 182 Å². The first kappa shape index (κ1) is 46.8. The number of fused-ring (bicyclic) bond motifs is 18. The number of benzene rings is 12. The lowest BCUT2D eigenvalue weighted by atomic mass is 9.59. The first-order valence-corrected chi connectivity index (χ1v) is 29.2. The molecule has 2 atom stereocenters. The summed E-state index contributed by atoms with van der Waals surface area (Å²) in [5, 5.41) is 7.44. The Morgan fingerprint density at radius 1 is 0.286 bits per heavy atom. The minimum Gasteiger partial charge on any atom is -0.333 e. The molecular formula is C79H53N5. The van der Waals surface area contributed by atoms with E-state index < -0.39 is 5.41 Å². The number of aromatic nitrogens is 3. The molecule has 0 amide bonds. The molecule has 5 nitrogen and oxygen atoms in total. The number of hydrogen-bond donors (Lipinski definition) is 0. The van der Waals surface area contributed by atoms with E-state index in [0.717, 1.165) is 45.5 Å². The SMILES string of the molecule is C1=CC2C(C=C1)C1(c3cc(N(c4ccccc4)c4ccc5c(c4)c4ccccc4n5-c4ccccc4)ccc3-c3ccc(N(c4ccccc4)c4ccc5c(c4)c4ccccc4n5-c4ccccc4)cc31)c1cccc3c4ccccc4n2c13. The van der Waals surface area contributed by atoms with Gasteiger partial charge in [0.1, 0.15) is 0 Å². The summed E-state index contributed by atoms with van der Waals surface area (Å²) >= 11 is 0. The van der Waals surface area contributed by atoms with Crippen LogP contribution in [0.5, 0.6) is 0 Å². The Bertz CT molecular complexity index is 4970. The Balaban J connectivity index is 0.891. The fourth-order valence-electron chi connectivity index (χ4n) is 15.3. The van der Waals surface area contributed by atoms with Gasteiger partial charge in [0.2, 0.25) is 0 Å². The van der Waals surface area contributed by atoms with E-state index in [1.165, 1.54) is 93.2 Å². The summed E-state index contributed by atoms with van der Waals surface area (Å²) in [6.45, 7) is 0. The molecule has 15 aromatic rings. The highest BCUT2D eigenvalue weighted by Gasteiger charge is 2.56. The van der Waals surface area contributed by atoms with Crippen molar-refractivity contribution in [2.75, 3.05) is 9.80 Å². The predicted molar refractivity (Wildman–Crippen MR) is 350 cm³/mol. The van der Waals surface area contributed by atoms with Gasteiger partial charge in [-0.15, -0.1) is 0 Å². The van der Waals surface area contributed by atoms with Gasteiger partial charge in [0.05, 0.1) is 39.0 Å². The summed E-state index contributed by atoms with van der Waals surface area (Å²) < 4.78 is 7.47. The first-order chi connectivity index (χ1) is 41.7. The molecule has 1 aliphatic heterocycles. The van der Waals surface area contributed by atoms with Crippen LogP contribution in [0.3, 0.4) is 0 Å². The monoisotopic (exact) mass is 1070 g/mol. The van der Waals surface area contributed by atoms with Crippen LogP contribution in [0.15, 0.2) is 309 Å². The van der Waals surface area contributed by atoms with E-state index in [1.807, 2.05) is 0 Å². The van der Waals surface area contributed by atoms with Gasteiger partial charge in [0, 0.05) is 89.3 Å². The Hall–Kier alpha value is -10.9. The number of anilines is 6. The summed E-state index contributed by atoms with van der Waals surface area (Å²) in [6, 6.07) is 106. The van der Waals surface area contributed by atoms with Crippen molar-refractivity contribution in [1.29, 1.82) is 0 Å². The standard InChI is InChI=1S/C79H53N5/c1-5-22-52(23-6-1)80(56-42-46-75-66(48-56)63-31-14-17-36-72(63)82(75)54-26-9-3-10-27-54)58-40-44-60-61-45-41-59(81(53-24-7-2-8-25-53)57-43-47-76-67(49-57)64-32-15-18-37-73(64)83(76)55-28-11-4-12-29-55)51-71(61)79(70(60)50-58)68-34-16-20-39-77(68)84-74-38-19-13-30-62(74)65-33-21-35-69(79)78(65)84/h1-51,68,77H. The molecule has 12 aromatic carbocycles. The highest BCUT2D eigenvalue weighted by molar-refractivity contribution is 6.13. The van der Waals surface area contributed by atoms with Gasteiger partial charge >= 0.3 is 0 Å². The van der Waals surface area contributed by atoms with Crippen molar-refractivity contribution in [1.82, 2.24) is 13.7 Å². The number of allylic oxidation sites excluding steroid dienone is 4. The molecule has 394 valence electrons. The predicted octanol–water partition coefficient (Wildman–Crippen LogP) is 20.5. The van der Waals surface area contributed by atoms with Crippen LogP contribution in [-0.4, -0.2) is 13.7 Å². The van der Waals surface area contributed by atoms with E-state index in [0.29, 0.717) is 0 Å². The van der Waals surface area contributed by atoms with Crippen molar-refractivity contribution in [3.05, 3.63) is 326 Å². The second-order valence-electron chi connectivity index (χ2n) is 22.8. The smallest absolute Gasteiger partial charge is 0.0603 e. The van der Waals surface area contributed by atoms with E-state index in [9.17, 15) is 0 Å². The summed E-state index contributed by atoms with van der Waals surface area (Å²) in [6.07, 6.45) is 9.57. The molecule has 0 bridgehead atoms. The lowest BCUT2D eigenvalue weighted by Gasteiger charge is -2.48. The van der Waals surface area contributed by atoms with Crippen LogP contribution in [0.25, 0.3) is 87.9 Å². The highest BCUT2D eigenvalue weighted by Crippen LogP contribution is 2.65. The molecule has 1 spiro atoms. The Labute approximate surface area is 486 Å². The average molecular weight is 1070 g/mol. The van der Waals surface area contributed by atoms with Gasteiger partial charge in [0.25, 0.3) is 0 Å². The molecule has 84 heavy (non-hydrogen) atoms. The number of nitrogens with zero attached hydrogens (tertiary/aromatic N) is 5. The molecule has 4 heterocycles. The van der Waals surface area contributed by atoms with Crippen molar-refractivity contribution in [2.45, 2.75) is 11.5 Å². The maximum atomic E-state index is 2.66. The van der Waals surface area contributed by atoms with Crippen LogP contribution < -0.4 is 9.80 Å². The summed E-state index contributed by atoms with van der Waals surface area (Å²) in [5.41, 5.74) is 22.1. The van der Waals surface area contributed by atoms with Crippen molar-refractivity contribution in [3.8, 4) is 22.5 Å². The van der Waals surface area contributed by atoms with E-state index in [4.69, 9.17) is 0 Å². The molecule has 2 aliphatic carbocycles. The quantitative estimate of drug-likeness (QED) is 0.151. The molecule has 0 saturated carbocycles. The Morgan fingerprint density at radius 2 is 0.690 bits per heavy atom. The zero-order chi connectivity index (χ0) is 55.0. The fourth-order valence-corrected chi connectivity index (χ4v) is 15.3. The van der Waals surface area contributed by atoms with Crippen LogP contribution in [-0.2, 0) is 5.41 Å². The van der Waals surface area contributed by atoms with Gasteiger partial charge in [-0.3, -0.25) is 0 Å². The molecular weight excluding hydrogens is 1020 g/mol. The van der Waals surface area contributed by atoms with Crippen LogP contribution in [0.4, 0.5) is 34.1 Å². The third kappa shape index (κ3) is 6.55. The van der Waals surface area contributed by atoms with Gasteiger partial charge in [-0.05, 0) is 155 Å². The van der Waals surface area contributed by atoms with E-state index >= 15 is 0 Å². The summed E-state index contributed by atoms with van der Waals surface area (Å²) in [7, 11) is 0. The van der Waals surface area contributed by atoms with Crippen molar-refractivity contribution in [2.24, 2.45) is 5.92 Å². The zero-order valence-electron chi connectivity index (χ0n) is 45.8. The normalized spacial score (nSPS) is 15.4. The molecule has 3 aliphatic rings. The molecule has 0 radical (unpaired) electrons. The minimum absolute atomic E-state index is 0.0122. The second-order valence-corrected chi connectivity index (χ2v) is 22.8. The summed E-state index contributed by atoms with van der Waals surface area (Å²) in [5.74, 6) is 0.0122.